The van der Waals surface area contributed by atoms with Crippen LogP contribution in [0.25, 0.3) is 0 Å². The number of hydrogen-bond donors (Lipinski definition) is 2. The van der Waals surface area contributed by atoms with Crippen LogP contribution in [0.15, 0.2) is 17.0 Å². The predicted octanol–water partition coefficient (Wildman–Crippen LogP) is 1.40. The van der Waals surface area contributed by atoms with Crippen LogP contribution in [0.2, 0.25) is 10.0 Å². The van der Waals surface area contributed by atoms with Gasteiger partial charge in [-0.05, 0) is 18.6 Å². The maximum Gasteiger partial charge on any atom is 0.243 e. The Morgan fingerprint density at radius 2 is 2.05 bits per heavy atom. The molecule has 2 N–H and O–H groups in total. The van der Waals surface area contributed by atoms with Crippen molar-refractivity contribution in [3.05, 3.63) is 27.7 Å². The molecule has 2 rings (SSSR count). The van der Waals surface area contributed by atoms with Crippen LogP contribution in [-0.2, 0) is 14.8 Å². The fourth-order valence-electron chi connectivity index (χ4n) is 1.94. The van der Waals surface area contributed by atoms with E-state index in [1.807, 2.05) is 0 Å². The molecule has 0 aliphatic carbocycles. The summed E-state index contributed by atoms with van der Waals surface area (Å²) in [5, 5.41) is 8.62. The van der Waals surface area contributed by atoms with Gasteiger partial charge in [0.1, 0.15) is 11.5 Å². The number of nitrogens with one attached hydrogen (secondary N) is 1. The number of rotatable bonds is 3. The van der Waals surface area contributed by atoms with Gasteiger partial charge in [0, 0.05) is 18.2 Å². The summed E-state index contributed by atoms with van der Waals surface area (Å²) in [6, 6.07) is 2.52. The Hall–Kier alpha value is -0.810. The van der Waals surface area contributed by atoms with E-state index in [4.69, 9.17) is 33.0 Å². The molecule has 0 amide bonds. The molecule has 5 nitrogen and oxygen atoms in total. The molecule has 0 radical (unpaired) electrons. The van der Waals surface area contributed by atoms with Gasteiger partial charge in [0.25, 0.3) is 0 Å². The van der Waals surface area contributed by atoms with Gasteiger partial charge >= 0.3 is 0 Å². The van der Waals surface area contributed by atoms with Crippen LogP contribution in [-0.4, -0.2) is 39.4 Å². The van der Waals surface area contributed by atoms with E-state index in [1.165, 1.54) is 12.1 Å². The van der Waals surface area contributed by atoms with E-state index in [0.29, 0.717) is 25.2 Å². The van der Waals surface area contributed by atoms with Crippen LogP contribution in [0.1, 0.15) is 12.0 Å². The number of aliphatic hydroxyl groups is 1. The van der Waals surface area contributed by atoms with Crippen molar-refractivity contribution in [1.82, 2.24) is 4.72 Å². The van der Waals surface area contributed by atoms with Crippen LogP contribution < -0.4 is 4.72 Å². The molecule has 8 heteroatoms. The van der Waals surface area contributed by atoms with E-state index >= 15 is 0 Å². The first-order valence-corrected chi connectivity index (χ1v) is 8.37. The van der Waals surface area contributed by atoms with Crippen LogP contribution in [0.4, 0.5) is 0 Å². The first kappa shape index (κ1) is 16.6. The summed E-state index contributed by atoms with van der Waals surface area (Å²) in [6.07, 6.45) is 0.606. The van der Waals surface area contributed by atoms with Gasteiger partial charge in [0.05, 0.1) is 16.7 Å². The molecular weight excluding hydrogens is 337 g/mol. The summed E-state index contributed by atoms with van der Waals surface area (Å²) >= 11 is 12.0. The van der Waals surface area contributed by atoms with E-state index in [0.717, 1.165) is 0 Å². The number of hydrogen-bond acceptors (Lipinski definition) is 4. The topological polar surface area (TPSA) is 75.6 Å². The maximum absolute atomic E-state index is 12.3. The third kappa shape index (κ3) is 4.10. The number of halogens is 2. The zero-order valence-corrected chi connectivity index (χ0v) is 13.2. The van der Waals surface area contributed by atoms with E-state index in [-0.39, 0.29) is 27.6 Å². The summed E-state index contributed by atoms with van der Waals surface area (Å²) in [6.45, 7) is 0.539. The van der Waals surface area contributed by atoms with Crippen molar-refractivity contribution in [1.29, 1.82) is 0 Å². The summed E-state index contributed by atoms with van der Waals surface area (Å²) < 4.78 is 32.3. The van der Waals surface area contributed by atoms with Gasteiger partial charge in [-0.25, -0.2) is 13.1 Å². The standard InChI is InChI=1S/C13H13Cl2NO4S/c14-11-6-9(2-1-4-17)7-12(15)13(11)21(18,19)16-10-3-5-20-8-10/h6-7,10,16-17H,3-5,8H2. The molecule has 0 saturated carbocycles. The zero-order chi connectivity index (χ0) is 15.5. The highest BCUT2D eigenvalue weighted by Crippen LogP contribution is 2.31. The molecule has 1 unspecified atom stereocenters. The van der Waals surface area contributed by atoms with Crippen molar-refractivity contribution < 1.29 is 18.3 Å². The lowest BCUT2D eigenvalue weighted by atomic mass is 10.2. The van der Waals surface area contributed by atoms with Crippen LogP contribution in [0.5, 0.6) is 0 Å². The van der Waals surface area contributed by atoms with Crippen molar-refractivity contribution >= 4 is 33.2 Å². The molecule has 1 atom stereocenters. The Labute approximate surface area is 133 Å². The van der Waals surface area contributed by atoms with Crippen LogP contribution >= 0.6 is 23.2 Å². The second-order valence-electron chi connectivity index (χ2n) is 4.41. The number of aliphatic hydroxyl groups excluding tert-OH is 1. The van der Waals surface area contributed by atoms with Crippen molar-refractivity contribution in [2.75, 3.05) is 19.8 Å². The minimum Gasteiger partial charge on any atom is -0.384 e. The molecule has 21 heavy (non-hydrogen) atoms. The van der Waals surface area contributed by atoms with Gasteiger partial charge in [-0.1, -0.05) is 35.0 Å². The zero-order valence-electron chi connectivity index (χ0n) is 10.9. The molecule has 1 fully saturated rings. The van der Waals surface area contributed by atoms with Gasteiger partial charge in [0.15, 0.2) is 0 Å². The lowest BCUT2D eigenvalue weighted by molar-refractivity contribution is 0.192. The van der Waals surface area contributed by atoms with Crippen LogP contribution in [0.3, 0.4) is 0 Å². The molecule has 0 spiro atoms. The normalized spacial score (nSPS) is 18.3. The summed E-state index contributed by atoms with van der Waals surface area (Å²) in [4.78, 5) is -0.174. The maximum atomic E-state index is 12.3. The third-order valence-corrected chi connectivity index (χ3v) is 5.27. The molecular formula is C13H13Cl2NO4S. The van der Waals surface area contributed by atoms with Crippen LogP contribution in [0, 0.1) is 11.8 Å². The first-order chi connectivity index (χ1) is 9.94. The van der Waals surface area contributed by atoms with Crippen molar-refractivity contribution in [2.24, 2.45) is 0 Å². The predicted molar refractivity (Wildman–Crippen MR) is 80.0 cm³/mol. The van der Waals surface area contributed by atoms with Crippen molar-refractivity contribution in [3.63, 3.8) is 0 Å². The molecule has 1 aromatic rings. The Morgan fingerprint density at radius 1 is 1.38 bits per heavy atom. The SMILES string of the molecule is O=S(=O)(NC1CCOC1)c1c(Cl)cc(C#CCO)cc1Cl. The first-order valence-electron chi connectivity index (χ1n) is 6.13. The molecule has 1 saturated heterocycles. The van der Waals surface area contributed by atoms with Crippen molar-refractivity contribution in [3.8, 4) is 11.8 Å². The average Bonchev–Trinajstić information content (AvgIpc) is 2.87. The smallest absolute Gasteiger partial charge is 0.243 e. The number of ether oxygens (including phenoxy) is 1. The largest absolute Gasteiger partial charge is 0.384 e. The fraction of sp³-hybridized carbons (Fsp3) is 0.385. The highest BCUT2D eigenvalue weighted by molar-refractivity contribution is 7.89. The van der Waals surface area contributed by atoms with Gasteiger partial charge in [-0.3, -0.25) is 0 Å². The van der Waals surface area contributed by atoms with E-state index in [1.54, 1.807) is 0 Å². The quantitative estimate of drug-likeness (QED) is 0.809. The Balaban J connectivity index is 2.34. The highest BCUT2D eigenvalue weighted by atomic mass is 35.5. The Morgan fingerprint density at radius 3 is 2.57 bits per heavy atom. The second-order valence-corrected chi connectivity index (χ2v) is 6.88. The highest BCUT2D eigenvalue weighted by Gasteiger charge is 2.27. The monoisotopic (exact) mass is 349 g/mol. The van der Waals surface area contributed by atoms with Gasteiger partial charge < -0.3 is 9.84 Å². The Bertz CT molecular complexity index is 665. The lowest BCUT2D eigenvalue weighted by Crippen LogP contribution is -2.35. The number of benzene rings is 1. The Kier molecular flexibility index (Phi) is 5.49. The molecule has 114 valence electrons. The van der Waals surface area contributed by atoms with Crippen molar-refractivity contribution in [2.45, 2.75) is 17.4 Å². The third-order valence-electron chi connectivity index (χ3n) is 2.83. The summed E-state index contributed by atoms with van der Waals surface area (Å²) in [5.74, 6) is 5.07. The van der Waals surface area contributed by atoms with Gasteiger partial charge in [-0.2, -0.15) is 0 Å². The summed E-state index contributed by atoms with van der Waals surface area (Å²) in [7, 11) is -3.83. The lowest BCUT2D eigenvalue weighted by Gasteiger charge is -2.14. The average molecular weight is 350 g/mol. The second kappa shape index (κ2) is 6.97. The molecule has 1 aliphatic heterocycles. The van der Waals surface area contributed by atoms with Gasteiger partial charge in [0.2, 0.25) is 10.0 Å². The molecule has 0 aromatic heterocycles. The molecule has 0 bridgehead atoms. The fourth-order valence-corrected chi connectivity index (χ4v) is 4.41. The van der Waals surface area contributed by atoms with Gasteiger partial charge in [-0.15, -0.1) is 0 Å². The summed E-state index contributed by atoms with van der Waals surface area (Å²) in [5.41, 5.74) is 0.433. The van der Waals surface area contributed by atoms with E-state index in [9.17, 15) is 8.42 Å². The molecule has 1 aliphatic rings. The molecule has 1 heterocycles. The molecule has 1 aromatic carbocycles. The van der Waals surface area contributed by atoms with E-state index in [2.05, 4.69) is 16.6 Å². The number of sulfonamides is 1. The van der Waals surface area contributed by atoms with E-state index < -0.39 is 10.0 Å². The minimum absolute atomic E-state index is 0.0174. The minimum atomic E-state index is -3.83.